The zero-order valence-electron chi connectivity index (χ0n) is 13.3. The summed E-state index contributed by atoms with van der Waals surface area (Å²) in [6.45, 7) is 5.62. The maximum absolute atomic E-state index is 12.0. The summed E-state index contributed by atoms with van der Waals surface area (Å²) in [5.41, 5.74) is 0. The number of hydrogen-bond donors (Lipinski definition) is 1. The number of phosphoric acid groups is 1. The van der Waals surface area contributed by atoms with Crippen molar-refractivity contribution < 1.29 is 31.1 Å². The number of phosphoric ester groups is 1. The summed E-state index contributed by atoms with van der Waals surface area (Å²) >= 11 is 0. The molecule has 0 bridgehead atoms. The third kappa shape index (κ3) is 11.2. The van der Waals surface area contributed by atoms with E-state index in [9.17, 15) is 13.0 Å². The Morgan fingerprint density at radius 1 is 1.14 bits per heavy atom. The second-order valence-corrected chi connectivity index (χ2v) is 7.62. The molecule has 1 atom stereocenters. The summed E-state index contributed by atoms with van der Waals surface area (Å²) in [5.74, 6) is 4.59. The van der Waals surface area contributed by atoms with Gasteiger partial charge in [0, 0.05) is 5.92 Å². The van der Waals surface area contributed by atoms with Crippen LogP contribution in [-0.2, 0) is 28.3 Å². The Labute approximate surface area is 133 Å². The van der Waals surface area contributed by atoms with E-state index in [4.69, 9.17) is 18.1 Å². The monoisotopic (exact) mass is 356 g/mol. The van der Waals surface area contributed by atoms with Crippen LogP contribution in [0.15, 0.2) is 0 Å². The van der Waals surface area contributed by atoms with E-state index >= 15 is 0 Å². The normalized spacial score (nSPS) is 13.5. The number of unbranched alkanes of at least 4 members (excludes halogenated alkanes) is 1. The SMILES string of the molecule is CC#CC(CCCCOP(=O)(OCC)OCC)CS(=O)(=O)O. The van der Waals surface area contributed by atoms with Gasteiger partial charge in [-0.1, -0.05) is 5.92 Å². The minimum absolute atomic E-state index is 0.176. The highest BCUT2D eigenvalue weighted by Crippen LogP contribution is 2.49. The van der Waals surface area contributed by atoms with Gasteiger partial charge in [-0.3, -0.25) is 18.1 Å². The van der Waals surface area contributed by atoms with E-state index < -0.39 is 23.9 Å². The lowest BCUT2D eigenvalue weighted by Gasteiger charge is -2.16. The quantitative estimate of drug-likeness (QED) is 0.248. The molecule has 0 rings (SSSR count). The van der Waals surface area contributed by atoms with E-state index in [-0.39, 0.29) is 25.6 Å². The van der Waals surface area contributed by atoms with Gasteiger partial charge < -0.3 is 0 Å². The highest BCUT2D eigenvalue weighted by molar-refractivity contribution is 7.85. The van der Waals surface area contributed by atoms with Crippen LogP contribution in [0.4, 0.5) is 0 Å². The standard InChI is InChI=1S/C13H25O7PS/c1-4-9-13(12-22(15,16)17)10-7-8-11-20-21(14,18-5-2)19-6-3/h13H,5-8,10-12H2,1-3H3,(H,15,16,17). The first kappa shape index (κ1) is 21.6. The van der Waals surface area contributed by atoms with Crippen molar-refractivity contribution in [2.24, 2.45) is 5.92 Å². The average molecular weight is 356 g/mol. The van der Waals surface area contributed by atoms with Gasteiger partial charge in [-0.15, -0.1) is 5.92 Å². The molecular weight excluding hydrogens is 331 g/mol. The van der Waals surface area contributed by atoms with Crippen molar-refractivity contribution in [1.29, 1.82) is 0 Å². The van der Waals surface area contributed by atoms with Crippen LogP contribution in [0, 0.1) is 17.8 Å². The molecule has 0 saturated carbocycles. The van der Waals surface area contributed by atoms with Gasteiger partial charge in [0.2, 0.25) is 0 Å². The molecule has 0 aromatic rings. The van der Waals surface area contributed by atoms with Crippen LogP contribution in [0.2, 0.25) is 0 Å². The van der Waals surface area contributed by atoms with Crippen molar-refractivity contribution in [1.82, 2.24) is 0 Å². The van der Waals surface area contributed by atoms with Crippen molar-refractivity contribution in [3.8, 4) is 11.8 Å². The topological polar surface area (TPSA) is 99.1 Å². The van der Waals surface area contributed by atoms with Gasteiger partial charge in [0.1, 0.15) is 0 Å². The molecule has 7 nitrogen and oxygen atoms in total. The van der Waals surface area contributed by atoms with E-state index in [0.717, 1.165) is 0 Å². The first-order chi connectivity index (χ1) is 10.3. The minimum atomic E-state index is -4.04. The zero-order valence-corrected chi connectivity index (χ0v) is 15.0. The predicted molar refractivity (Wildman–Crippen MR) is 84.0 cm³/mol. The second-order valence-electron chi connectivity index (χ2n) is 4.45. The average Bonchev–Trinajstić information content (AvgIpc) is 2.37. The molecule has 0 spiro atoms. The van der Waals surface area contributed by atoms with Crippen LogP contribution in [0.5, 0.6) is 0 Å². The smallest absolute Gasteiger partial charge is 0.287 e. The third-order valence-electron chi connectivity index (χ3n) is 2.53. The summed E-state index contributed by atoms with van der Waals surface area (Å²) in [6, 6.07) is 0. The van der Waals surface area contributed by atoms with Crippen molar-refractivity contribution in [2.45, 2.75) is 40.0 Å². The molecule has 0 aliphatic carbocycles. The Kier molecular flexibility index (Phi) is 11.0. The molecule has 130 valence electrons. The van der Waals surface area contributed by atoms with E-state index in [2.05, 4.69) is 11.8 Å². The van der Waals surface area contributed by atoms with Crippen LogP contribution in [0.1, 0.15) is 40.0 Å². The molecule has 0 aromatic carbocycles. The van der Waals surface area contributed by atoms with Gasteiger partial charge >= 0.3 is 7.82 Å². The summed E-state index contributed by atoms with van der Waals surface area (Å²) in [6.07, 6.45) is 1.67. The predicted octanol–water partition coefficient (Wildman–Crippen LogP) is 2.88. The molecule has 0 saturated heterocycles. The van der Waals surface area contributed by atoms with Crippen LogP contribution >= 0.6 is 7.82 Å². The minimum Gasteiger partial charge on any atom is -0.287 e. The summed E-state index contributed by atoms with van der Waals surface area (Å²) < 4.78 is 57.7. The molecule has 9 heteroatoms. The Morgan fingerprint density at radius 3 is 2.18 bits per heavy atom. The van der Waals surface area contributed by atoms with Crippen molar-refractivity contribution in [3.63, 3.8) is 0 Å². The lowest BCUT2D eigenvalue weighted by Crippen LogP contribution is -2.14. The van der Waals surface area contributed by atoms with Crippen LogP contribution < -0.4 is 0 Å². The molecular formula is C13H25O7PS. The van der Waals surface area contributed by atoms with Gasteiger partial charge in [-0.2, -0.15) is 8.42 Å². The lowest BCUT2D eigenvalue weighted by atomic mass is 10.1. The molecule has 0 heterocycles. The fourth-order valence-corrected chi connectivity index (χ4v) is 3.72. The third-order valence-corrected chi connectivity index (χ3v) is 5.00. The van der Waals surface area contributed by atoms with Crippen LogP contribution in [0.25, 0.3) is 0 Å². The molecule has 0 radical (unpaired) electrons. The van der Waals surface area contributed by atoms with Crippen LogP contribution in [-0.4, -0.2) is 38.5 Å². The molecule has 22 heavy (non-hydrogen) atoms. The maximum Gasteiger partial charge on any atom is 0.474 e. The fraction of sp³-hybridized carbons (Fsp3) is 0.846. The van der Waals surface area contributed by atoms with Gasteiger partial charge in [-0.05, 0) is 40.0 Å². The van der Waals surface area contributed by atoms with Crippen molar-refractivity contribution >= 4 is 17.9 Å². The van der Waals surface area contributed by atoms with Crippen molar-refractivity contribution in [3.05, 3.63) is 0 Å². The molecule has 1 unspecified atom stereocenters. The van der Waals surface area contributed by atoms with E-state index in [1.165, 1.54) is 0 Å². The van der Waals surface area contributed by atoms with E-state index in [1.807, 2.05) is 0 Å². The highest BCUT2D eigenvalue weighted by Gasteiger charge is 2.24. The highest BCUT2D eigenvalue weighted by atomic mass is 32.2. The molecule has 0 aliphatic rings. The maximum atomic E-state index is 12.0. The molecule has 1 N–H and O–H groups in total. The Balaban J connectivity index is 4.17. The summed E-state index contributed by atoms with van der Waals surface area (Å²) in [5, 5.41) is 0. The Bertz CT molecular complexity index is 496. The first-order valence-corrected chi connectivity index (χ1v) is 10.2. The van der Waals surface area contributed by atoms with Gasteiger partial charge in [0.25, 0.3) is 10.1 Å². The fourth-order valence-electron chi connectivity index (χ4n) is 1.75. The number of hydrogen-bond acceptors (Lipinski definition) is 6. The Hall–Kier alpha value is -0.420. The summed E-state index contributed by atoms with van der Waals surface area (Å²) in [4.78, 5) is 0. The molecule has 0 fully saturated rings. The second kappa shape index (κ2) is 11.2. The Morgan fingerprint density at radius 2 is 1.73 bits per heavy atom. The van der Waals surface area contributed by atoms with Gasteiger partial charge in [0.15, 0.2) is 0 Å². The zero-order chi connectivity index (χ0) is 17.1. The van der Waals surface area contributed by atoms with E-state index in [1.54, 1.807) is 20.8 Å². The lowest BCUT2D eigenvalue weighted by molar-refractivity contribution is 0.120. The largest absolute Gasteiger partial charge is 0.474 e. The molecule has 0 amide bonds. The molecule has 0 aromatic heterocycles. The van der Waals surface area contributed by atoms with E-state index in [0.29, 0.717) is 19.3 Å². The molecule has 0 aliphatic heterocycles. The van der Waals surface area contributed by atoms with Gasteiger partial charge in [0.05, 0.1) is 25.6 Å². The van der Waals surface area contributed by atoms with Crippen LogP contribution in [0.3, 0.4) is 0 Å². The van der Waals surface area contributed by atoms with Crippen molar-refractivity contribution in [2.75, 3.05) is 25.6 Å². The van der Waals surface area contributed by atoms with Gasteiger partial charge in [-0.25, -0.2) is 4.57 Å². The number of rotatable bonds is 12. The first-order valence-electron chi connectivity index (χ1n) is 7.17. The summed E-state index contributed by atoms with van der Waals surface area (Å²) in [7, 11) is -7.54.